The van der Waals surface area contributed by atoms with Crippen molar-refractivity contribution in [2.75, 3.05) is 40.3 Å². The average molecular weight is 271 g/mol. The molecular formula is C14H29N3O2. The molecule has 0 aromatic carbocycles. The first-order valence-corrected chi connectivity index (χ1v) is 7.00. The van der Waals surface area contributed by atoms with Gasteiger partial charge >= 0.3 is 0 Å². The molecule has 112 valence electrons. The first kappa shape index (κ1) is 17.9. The highest BCUT2D eigenvalue weighted by molar-refractivity contribution is 5.76. The van der Waals surface area contributed by atoms with E-state index in [-0.39, 0.29) is 11.8 Å². The van der Waals surface area contributed by atoms with Crippen molar-refractivity contribution in [3.05, 3.63) is 0 Å². The summed E-state index contributed by atoms with van der Waals surface area (Å²) in [6, 6.07) is 0. The second-order valence-electron chi connectivity index (χ2n) is 5.61. The van der Waals surface area contributed by atoms with Crippen LogP contribution in [0.15, 0.2) is 0 Å². The Kier molecular flexibility index (Phi) is 9.21. The van der Waals surface area contributed by atoms with Gasteiger partial charge in [0.05, 0.1) is 0 Å². The van der Waals surface area contributed by atoms with Crippen LogP contribution in [0, 0.1) is 5.92 Å². The van der Waals surface area contributed by atoms with Crippen molar-refractivity contribution in [1.82, 2.24) is 15.1 Å². The quantitative estimate of drug-likeness (QED) is 0.679. The Morgan fingerprint density at radius 3 is 2.21 bits per heavy atom. The summed E-state index contributed by atoms with van der Waals surface area (Å²) < 4.78 is 0. The standard InChI is InChI=1S/C14H29N3O2/c1-12(2)11-14(19)15-7-10-17(13(3)18)9-6-8-16(4)5/h12H,6-11H2,1-5H3,(H,15,19). The van der Waals surface area contributed by atoms with Crippen LogP contribution < -0.4 is 5.32 Å². The summed E-state index contributed by atoms with van der Waals surface area (Å²) in [5.74, 6) is 0.493. The summed E-state index contributed by atoms with van der Waals surface area (Å²) in [4.78, 5) is 26.9. The van der Waals surface area contributed by atoms with Gasteiger partial charge in [-0.2, -0.15) is 0 Å². The molecule has 0 unspecified atom stereocenters. The van der Waals surface area contributed by atoms with Gasteiger partial charge < -0.3 is 15.1 Å². The number of hydrogen-bond acceptors (Lipinski definition) is 3. The Bertz CT molecular complexity index is 278. The van der Waals surface area contributed by atoms with Crippen molar-refractivity contribution in [2.45, 2.75) is 33.6 Å². The topological polar surface area (TPSA) is 52.7 Å². The maximum atomic E-state index is 11.5. The minimum atomic E-state index is 0.0618. The van der Waals surface area contributed by atoms with Crippen molar-refractivity contribution in [2.24, 2.45) is 5.92 Å². The lowest BCUT2D eigenvalue weighted by Gasteiger charge is -2.22. The number of amides is 2. The molecule has 0 aromatic rings. The summed E-state index contributed by atoms with van der Waals surface area (Å²) >= 11 is 0. The molecule has 5 nitrogen and oxygen atoms in total. The molecule has 0 fully saturated rings. The molecule has 0 aromatic heterocycles. The first-order chi connectivity index (χ1) is 8.82. The Balaban J connectivity index is 3.88. The molecular weight excluding hydrogens is 242 g/mol. The number of carbonyl (C=O) groups is 2. The lowest BCUT2D eigenvalue weighted by atomic mass is 10.1. The maximum Gasteiger partial charge on any atom is 0.220 e. The minimum absolute atomic E-state index is 0.0618. The molecule has 0 saturated heterocycles. The predicted molar refractivity (Wildman–Crippen MR) is 77.9 cm³/mol. The Hall–Kier alpha value is -1.10. The highest BCUT2D eigenvalue weighted by Gasteiger charge is 2.09. The second kappa shape index (κ2) is 9.78. The largest absolute Gasteiger partial charge is 0.354 e. The van der Waals surface area contributed by atoms with Crippen LogP contribution in [0.25, 0.3) is 0 Å². The van der Waals surface area contributed by atoms with Gasteiger partial charge in [-0.05, 0) is 33.0 Å². The normalized spacial score (nSPS) is 10.9. The Morgan fingerprint density at radius 2 is 1.74 bits per heavy atom. The summed E-state index contributed by atoms with van der Waals surface area (Å²) in [6.45, 7) is 8.44. The van der Waals surface area contributed by atoms with E-state index in [9.17, 15) is 9.59 Å². The van der Waals surface area contributed by atoms with Gasteiger partial charge in [-0.1, -0.05) is 13.8 Å². The summed E-state index contributed by atoms with van der Waals surface area (Å²) in [7, 11) is 4.04. The molecule has 0 radical (unpaired) electrons. The van der Waals surface area contributed by atoms with Gasteiger partial charge in [-0.15, -0.1) is 0 Å². The highest BCUT2D eigenvalue weighted by Crippen LogP contribution is 1.98. The van der Waals surface area contributed by atoms with Crippen molar-refractivity contribution >= 4 is 11.8 Å². The van der Waals surface area contributed by atoms with E-state index in [1.54, 1.807) is 11.8 Å². The highest BCUT2D eigenvalue weighted by atomic mass is 16.2. The van der Waals surface area contributed by atoms with Gasteiger partial charge in [0.15, 0.2) is 0 Å². The van der Waals surface area contributed by atoms with Crippen molar-refractivity contribution in [1.29, 1.82) is 0 Å². The lowest BCUT2D eigenvalue weighted by Crippen LogP contribution is -2.38. The third-order valence-corrected chi connectivity index (χ3v) is 2.78. The third kappa shape index (κ3) is 10.5. The molecule has 0 saturated carbocycles. The van der Waals surface area contributed by atoms with Crippen LogP contribution in [0.2, 0.25) is 0 Å². The molecule has 0 atom stereocenters. The molecule has 5 heteroatoms. The summed E-state index contributed by atoms with van der Waals surface area (Å²) in [6.07, 6.45) is 1.49. The van der Waals surface area contributed by atoms with Crippen molar-refractivity contribution in [3.63, 3.8) is 0 Å². The number of carbonyl (C=O) groups excluding carboxylic acids is 2. The molecule has 0 spiro atoms. The third-order valence-electron chi connectivity index (χ3n) is 2.78. The van der Waals surface area contributed by atoms with Crippen molar-refractivity contribution < 1.29 is 9.59 Å². The smallest absolute Gasteiger partial charge is 0.220 e. The monoisotopic (exact) mass is 271 g/mol. The second-order valence-corrected chi connectivity index (χ2v) is 5.61. The predicted octanol–water partition coefficient (Wildman–Crippen LogP) is 0.949. The first-order valence-electron chi connectivity index (χ1n) is 7.00. The average Bonchev–Trinajstić information content (AvgIpc) is 2.25. The van der Waals surface area contributed by atoms with E-state index in [1.807, 2.05) is 27.9 Å². The number of hydrogen-bond donors (Lipinski definition) is 1. The summed E-state index contributed by atoms with van der Waals surface area (Å²) in [5, 5.41) is 2.86. The van der Waals surface area contributed by atoms with Gasteiger partial charge in [0.2, 0.25) is 11.8 Å². The molecule has 19 heavy (non-hydrogen) atoms. The lowest BCUT2D eigenvalue weighted by molar-refractivity contribution is -0.129. The van der Waals surface area contributed by atoms with Gasteiger partial charge in [0.25, 0.3) is 0 Å². The fourth-order valence-electron chi connectivity index (χ4n) is 1.78. The van der Waals surface area contributed by atoms with Crippen LogP contribution in [0.1, 0.15) is 33.6 Å². The number of rotatable bonds is 9. The van der Waals surface area contributed by atoms with Crippen LogP contribution in [-0.2, 0) is 9.59 Å². The SMILES string of the molecule is CC(=O)N(CCCN(C)C)CCNC(=O)CC(C)C. The minimum Gasteiger partial charge on any atom is -0.354 e. The molecule has 0 aliphatic carbocycles. The van der Waals surface area contributed by atoms with Gasteiger partial charge in [-0.3, -0.25) is 9.59 Å². The Morgan fingerprint density at radius 1 is 1.11 bits per heavy atom. The fourth-order valence-corrected chi connectivity index (χ4v) is 1.78. The van der Waals surface area contributed by atoms with Crippen LogP contribution in [-0.4, -0.2) is 61.9 Å². The molecule has 2 amide bonds. The van der Waals surface area contributed by atoms with E-state index >= 15 is 0 Å². The van der Waals surface area contributed by atoms with E-state index in [4.69, 9.17) is 0 Å². The molecule has 0 aliphatic rings. The van der Waals surface area contributed by atoms with E-state index in [0.29, 0.717) is 25.4 Å². The van der Waals surface area contributed by atoms with Crippen molar-refractivity contribution in [3.8, 4) is 0 Å². The van der Waals surface area contributed by atoms with Crippen LogP contribution in [0.5, 0.6) is 0 Å². The van der Waals surface area contributed by atoms with Crippen LogP contribution in [0.4, 0.5) is 0 Å². The van der Waals surface area contributed by atoms with Crippen LogP contribution in [0.3, 0.4) is 0 Å². The van der Waals surface area contributed by atoms with Gasteiger partial charge in [0.1, 0.15) is 0 Å². The number of nitrogens with one attached hydrogen (secondary N) is 1. The molecule has 0 aliphatic heterocycles. The molecule has 0 bridgehead atoms. The van der Waals surface area contributed by atoms with E-state index in [1.165, 1.54) is 0 Å². The van der Waals surface area contributed by atoms with E-state index in [2.05, 4.69) is 10.2 Å². The summed E-state index contributed by atoms with van der Waals surface area (Å²) in [5.41, 5.74) is 0. The Labute approximate surface area is 117 Å². The zero-order chi connectivity index (χ0) is 14.8. The van der Waals surface area contributed by atoms with Crippen LogP contribution >= 0.6 is 0 Å². The zero-order valence-corrected chi connectivity index (χ0v) is 13.0. The fraction of sp³-hybridized carbons (Fsp3) is 0.857. The number of nitrogens with zero attached hydrogens (tertiary/aromatic N) is 2. The molecule has 1 N–H and O–H groups in total. The maximum absolute atomic E-state index is 11.5. The zero-order valence-electron chi connectivity index (χ0n) is 13.0. The van der Waals surface area contributed by atoms with E-state index < -0.39 is 0 Å². The van der Waals surface area contributed by atoms with Gasteiger partial charge in [-0.25, -0.2) is 0 Å². The van der Waals surface area contributed by atoms with Gasteiger partial charge in [0, 0.05) is 33.0 Å². The van der Waals surface area contributed by atoms with E-state index in [0.717, 1.165) is 19.5 Å². The molecule has 0 heterocycles. The molecule has 0 rings (SSSR count).